The second-order valence-electron chi connectivity index (χ2n) is 7.02. The highest BCUT2D eigenvalue weighted by Gasteiger charge is 2.29. The Balaban J connectivity index is 1.82. The van der Waals surface area contributed by atoms with Crippen molar-refractivity contribution in [2.45, 2.75) is 58.1 Å². The molecule has 1 aliphatic rings. The zero-order valence-corrected chi connectivity index (χ0v) is 15.4. The smallest absolute Gasteiger partial charge is 0.407 e. The van der Waals surface area contributed by atoms with Crippen molar-refractivity contribution in [2.75, 3.05) is 5.43 Å². The Labute approximate surface area is 152 Å². The second-order valence-corrected chi connectivity index (χ2v) is 7.37. The monoisotopic (exact) mass is 369 g/mol. The molecule has 1 saturated carbocycles. The minimum absolute atomic E-state index is 0.0838. The number of aromatic nitrogens is 2. The molecular weight excluding hydrogens is 346 g/mol. The third-order valence-electron chi connectivity index (χ3n) is 3.72. The first-order valence-electron chi connectivity index (χ1n) is 8.26. The van der Waals surface area contributed by atoms with Crippen LogP contribution in [0.3, 0.4) is 0 Å². The molecule has 138 valence electrons. The Kier molecular flexibility index (Phi) is 6.41. The van der Waals surface area contributed by atoms with Gasteiger partial charge in [0, 0.05) is 24.4 Å². The topological polar surface area (TPSA) is 105 Å². The Bertz CT molecular complexity index is 620. The Morgan fingerprint density at radius 1 is 1.24 bits per heavy atom. The number of hydrogen-bond acceptors (Lipinski definition) is 6. The van der Waals surface area contributed by atoms with Crippen LogP contribution >= 0.6 is 11.6 Å². The average Bonchev–Trinajstić information content (AvgIpc) is 2.52. The van der Waals surface area contributed by atoms with E-state index in [9.17, 15) is 9.59 Å². The number of anilines is 1. The molecule has 1 aliphatic carbocycles. The van der Waals surface area contributed by atoms with Crippen molar-refractivity contribution in [1.29, 1.82) is 0 Å². The van der Waals surface area contributed by atoms with Crippen LogP contribution in [0.2, 0.25) is 5.15 Å². The maximum atomic E-state index is 12.3. The number of carbonyl (C=O) groups excluding carboxylic acids is 2. The minimum Gasteiger partial charge on any atom is -0.444 e. The molecule has 2 amide bonds. The predicted octanol–water partition coefficient (Wildman–Crippen LogP) is 2.66. The number of nitrogens with one attached hydrogen (secondary N) is 3. The Hall–Kier alpha value is -2.09. The maximum Gasteiger partial charge on any atom is 0.407 e. The number of carbonyl (C=O) groups is 2. The van der Waals surface area contributed by atoms with Crippen LogP contribution in [0.5, 0.6) is 0 Å². The van der Waals surface area contributed by atoms with Gasteiger partial charge in [-0.05, 0) is 40.0 Å². The van der Waals surface area contributed by atoms with Gasteiger partial charge in [0.25, 0.3) is 0 Å². The molecule has 0 aliphatic heterocycles. The summed E-state index contributed by atoms with van der Waals surface area (Å²) in [6, 6.07) is -0.0838. The van der Waals surface area contributed by atoms with Gasteiger partial charge >= 0.3 is 6.09 Å². The molecule has 1 aromatic rings. The van der Waals surface area contributed by atoms with Crippen LogP contribution in [-0.4, -0.2) is 33.6 Å². The summed E-state index contributed by atoms with van der Waals surface area (Å²) in [7, 11) is 0. The number of hydrazine groups is 1. The molecule has 1 aromatic heterocycles. The van der Waals surface area contributed by atoms with Crippen LogP contribution in [0.4, 0.5) is 10.6 Å². The summed E-state index contributed by atoms with van der Waals surface area (Å²) in [6.07, 6.45) is 5.47. The molecular formula is C16H24ClN5O3. The normalized spacial score (nSPS) is 20.5. The van der Waals surface area contributed by atoms with Crippen LogP contribution in [0.15, 0.2) is 12.4 Å². The number of hydrogen-bond donors (Lipinski definition) is 3. The third-order valence-corrected chi connectivity index (χ3v) is 4.00. The molecule has 0 aromatic carbocycles. The molecule has 1 fully saturated rings. The van der Waals surface area contributed by atoms with E-state index in [2.05, 4.69) is 26.1 Å². The van der Waals surface area contributed by atoms with E-state index in [1.807, 2.05) is 20.8 Å². The summed E-state index contributed by atoms with van der Waals surface area (Å²) in [5.41, 5.74) is 4.74. The highest BCUT2D eigenvalue weighted by molar-refractivity contribution is 6.31. The molecule has 0 spiro atoms. The fourth-order valence-corrected chi connectivity index (χ4v) is 2.81. The Morgan fingerprint density at radius 2 is 1.96 bits per heavy atom. The van der Waals surface area contributed by atoms with Crippen LogP contribution in [0.1, 0.15) is 46.5 Å². The Morgan fingerprint density at radius 3 is 2.64 bits per heavy atom. The SMILES string of the molecule is CC(C)(C)OC(=O)N[C@@H]1CCC[C@H](C(=O)NNc2nccnc2Cl)C1. The predicted molar refractivity (Wildman–Crippen MR) is 93.9 cm³/mol. The van der Waals surface area contributed by atoms with Gasteiger partial charge in [-0.25, -0.2) is 14.8 Å². The minimum atomic E-state index is -0.546. The first-order valence-corrected chi connectivity index (χ1v) is 8.64. The summed E-state index contributed by atoms with van der Waals surface area (Å²) in [4.78, 5) is 32.1. The zero-order valence-electron chi connectivity index (χ0n) is 14.6. The molecule has 2 rings (SSSR count). The quantitative estimate of drug-likeness (QED) is 0.704. The van der Waals surface area contributed by atoms with Gasteiger partial charge in [-0.15, -0.1) is 0 Å². The lowest BCUT2D eigenvalue weighted by atomic mass is 9.85. The molecule has 25 heavy (non-hydrogen) atoms. The number of nitrogens with zero attached hydrogens (tertiary/aromatic N) is 2. The highest BCUT2D eigenvalue weighted by atomic mass is 35.5. The van der Waals surface area contributed by atoms with E-state index in [0.29, 0.717) is 6.42 Å². The van der Waals surface area contributed by atoms with E-state index in [-0.39, 0.29) is 28.8 Å². The molecule has 3 N–H and O–H groups in total. The van der Waals surface area contributed by atoms with E-state index < -0.39 is 11.7 Å². The van der Waals surface area contributed by atoms with E-state index in [1.54, 1.807) is 0 Å². The summed E-state index contributed by atoms with van der Waals surface area (Å²) >= 11 is 5.88. The van der Waals surface area contributed by atoms with Crippen LogP contribution in [0, 0.1) is 5.92 Å². The molecule has 0 saturated heterocycles. The lowest BCUT2D eigenvalue weighted by Gasteiger charge is -2.30. The van der Waals surface area contributed by atoms with E-state index in [4.69, 9.17) is 16.3 Å². The standard InChI is InChI=1S/C16H24ClN5O3/c1-16(2,3)25-15(24)20-11-6-4-5-10(9-11)14(23)22-21-13-12(17)18-7-8-19-13/h7-8,10-11H,4-6,9H2,1-3H3,(H,19,21)(H,20,24)(H,22,23)/t10-,11+/m0/s1. The van der Waals surface area contributed by atoms with E-state index >= 15 is 0 Å². The lowest BCUT2D eigenvalue weighted by Crippen LogP contribution is -2.45. The highest BCUT2D eigenvalue weighted by Crippen LogP contribution is 2.25. The van der Waals surface area contributed by atoms with Crippen molar-refractivity contribution in [3.05, 3.63) is 17.5 Å². The van der Waals surface area contributed by atoms with Crippen molar-refractivity contribution in [3.63, 3.8) is 0 Å². The zero-order chi connectivity index (χ0) is 18.4. The number of ether oxygens (including phenoxy) is 1. The van der Waals surface area contributed by atoms with E-state index in [1.165, 1.54) is 12.4 Å². The average molecular weight is 370 g/mol. The number of alkyl carbamates (subject to hydrolysis) is 1. The number of halogens is 1. The van der Waals surface area contributed by atoms with Crippen LogP contribution in [-0.2, 0) is 9.53 Å². The lowest BCUT2D eigenvalue weighted by molar-refractivity contribution is -0.125. The second kappa shape index (κ2) is 8.33. The van der Waals surface area contributed by atoms with Gasteiger partial charge in [-0.1, -0.05) is 18.0 Å². The fourth-order valence-electron chi connectivity index (χ4n) is 2.66. The van der Waals surface area contributed by atoms with E-state index in [0.717, 1.165) is 19.3 Å². The maximum absolute atomic E-state index is 12.3. The molecule has 0 bridgehead atoms. The van der Waals surface area contributed by atoms with Crippen molar-refractivity contribution in [3.8, 4) is 0 Å². The van der Waals surface area contributed by atoms with Gasteiger partial charge in [0.05, 0.1) is 0 Å². The first kappa shape index (κ1) is 19.2. The molecule has 0 radical (unpaired) electrons. The van der Waals surface area contributed by atoms with Crippen molar-refractivity contribution in [1.82, 2.24) is 20.7 Å². The van der Waals surface area contributed by atoms with Gasteiger partial charge in [0.15, 0.2) is 11.0 Å². The van der Waals surface area contributed by atoms with Gasteiger partial charge in [0.1, 0.15) is 5.60 Å². The third kappa shape index (κ3) is 6.38. The van der Waals surface area contributed by atoms with Crippen molar-refractivity contribution in [2.24, 2.45) is 5.92 Å². The van der Waals surface area contributed by atoms with Crippen molar-refractivity contribution < 1.29 is 14.3 Å². The van der Waals surface area contributed by atoms with Gasteiger partial charge < -0.3 is 10.1 Å². The molecule has 2 atom stereocenters. The summed E-state index contributed by atoms with van der Waals surface area (Å²) in [5.74, 6) is -0.0919. The molecule has 9 heteroatoms. The van der Waals surface area contributed by atoms with Crippen LogP contribution in [0.25, 0.3) is 0 Å². The fraction of sp³-hybridized carbons (Fsp3) is 0.625. The molecule has 8 nitrogen and oxygen atoms in total. The summed E-state index contributed by atoms with van der Waals surface area (Å²) in [5, 5.41) is 3.01. The van der Waals surface area contributed by atoms with Crippen LogP contribution < -0.4 is 16.2 Å². The summed E-state index contributed by atoms with van der Waals surface area (Å²) < 4.78 is 5.26. The first-order chi connectivity index (χ1) is 11.7. The number of rotatable bonds is 4. The molecule has 0 unspecified atom stereocenters. The molecule has 1 heterocycles. The van der Waals surface area contributed by atoms with Gasteiger partial charge in [-0.2, -0.15) is 0 Å². The summed E-state index contributed by atoms with van der Waals surface area (Å²) in [6.45, 7) is 5.44. The van der Waals surface area contributed by atoms with Crippen molar-refractivity contribution >= 4 is 29.4 Å². The van der Waals surface area contributed by atoms with Gasteiger partial charge in [0.2, 0.25) is 5.91 Å². The number of amides is 2. The largest absolute Gasteiger partial charge is 0.444 e. The van der Waals surface area contributed by atoms with Gasteiger partial charge in [-0.3, -0.25) is 15.6 Å².